The molecule has 0 fully saturated rings. The van der Waals surface area contributed by atoms with Gasteiger partial charge in [0.1, 0.15) is 11.4 Å². The van der Waals surface area contributed by atoms with Gasteiger partial charge in [-0.1, -0.05) is 11.8 Å². The molecule has 0 amide bonds. The van der Waals surface area contributed by atoms with Crippen LogP contribution in [0, 0.1) is 37.8 Å². The molecule has 11 nitrogen and oxygen atoms in total. The highest BCUT2D eigenvalue weighted by Gasteiger charge is 2.22. The van der Waals surface area contributed by atoms with E-state index in [1.54, 1.807) is 47.2 Å². The van der Waals surface area contributed by atoms with Crippen molar-refractivity contribution in [3.63, 3.8) is 0 Å². The first kappa shape index (κ1) is 18.8. The first-order chi connectivity index (χ1) is 12.8. The van der Waals surface area contributed by atoms with E-state index >= 15 is 0 Å². The highest BCUT2D eigenvalue weighted by molar-refractivity contribution is 7.98. The average molecular weight is 389 g/mol. The van der Waals surface area contributed by atoms with Crippen LogP contribution in [-0.2, 0) is 12.9 Å². The Morgan fingerprint density at radius 1 is 1.26 bits per heavy atom. The normalized spacial score (nSPS) is 11.6. The van der Waals surface area contributed by atoms with Crippen LogP contribution in [0.4, 0.5) is 5.69 Å². The van der Waals surface area contributed by atoms with Crippen LogP contribution in [0.5, 0.6) is 0 Å². The molecule has 3 aromatic rings. The standard InChI is InChI=1S/C15H19N9O2S/c1-9-14(24(25)26)11(3)22(20-9)8-27-15-19-18-12(4)23(15)17-7-13-6-16-21(5)10(13)2/h6-7H,8H2,1-5H3/b17-7+. The molecule has 12 heteroatoms. The molecule has 0 radical (unpaired) electrons. The van der Waals surface area contributed by atoms with E-state index in [0.29, 0.717) is 28.2 Å². The Hall–Kier alpha value is -3.02. The van der Waals surface area contributed by atoms with Crippen LogP contribution in [0.25, 0.3) is 0 Å². The fourth-order valence-electron chi connectivity index (χ4n) is 2.52. The van der Waals surface area contributed by atoms with E-state index < -0.39 is 4.92 Å². The van der Waals surface area contributed by atoms with Gasteiger partial charge in [-0.15, -0.1) is 10.2 Å². The first-order valence-corrected chi connectivity index (χ1v) is 9.04. The second kappa shape index (κ2) is 7.31. The highest BCUT2D eigenvalue weighted by atomic mass is 32.2. The molecule has 0 saturated heterocycles. The molecule has 0 saturated carbocycles. The predicted molar refractivity (Wildman–Crippen MR) is 99.9 cm³/mol. The zero-order chi connectivity index (χ0) is 19.7. The Balaban J connectivity index is 1.81. The Bertz CT molecular complexity index is 1030. The molecule has 0 atom stereocenters. The fraction of sp³-hybridized carbons (Fsp3) is 0.400. The number of aryl methyl sites for hydroxylation is 3. The van der Waals surface area contributed by atoms with Crippen molar-refractivity contribution in [2.24, 2.45) is 12.1 Å². The summed E-state index contributed by atoms with van der Waals surface area (Å²) in [6.45, 7) is 7.06. The largest absolute Gasteiger partial charge is 0.312 e. The fourth-order valence-corrected chi connectivity index (χ4v) is 3.41. The topological polar surface area (TPSA) is 122 Å². The van der Waals surface area contributed by atoms with Gasteiger partial charge in [-0.3, -0.25) is 19.5 Å². The van der Waals surface area contributed by atoms with Crippen molar-refractivity contribution in [1.29, 1.82) is 0 Å². The van der Waals surface area contributed by atoms with E-state index in [2.05, 4.69) is 25.5 Å². The van der Waals surface area contributed by atoms with Gasteiger partial charge in [0.15, 0.2) is 5.82 Å². The third kappa shape index (κ3) is 3.60. The lowest BCUT2D eigenvalue weighted by molar-refractivity contribution is -0.386. The number of nitro groups is 1. The van der Waals surface area contributed by atoms with Gasteiger partial charge in [-0.05, 0) is 27.7 Å². The lowest BCUT2D eigenvalue weighted by Crippen LogP contribution is -2.02. The van der Waals surface area contributed by atoms with Crippen LogP contribution in [0.2, 0.25) is 0 Å². The summed E-state index contributed by atoms with van der Waals surface area (Å²) in [7, 11) is 1.87. The average Bonchev–Trinajstić information content (AvgIpc) is 3.21. The Morgan fingerprint density at radius 3 is 2.59 bits per heavy atom. The third-order valence-electron chi connectivity index (χ3n) is 4.20. The van der Waals surface area contributed by atoms with Crippen molar-refractivity contribution in [1.82, 2.24) is 34.4 Å². The van der Waals surface area contributed by atoms with Crippen molar-refractivity contribution >= 4 is 23.7 Å². The number of rotatable bonds is 6. The van der Waals surface area contributed by atoms with E-state index in [4.69, 9.17) is 0 Å². The summed E-state index contributed by atoms with van der Waals surface area (Å²) in [5, 5.41) is 32.8. The summed E-state index contributed by atoms with van der Waals surface area (Å²) >= 11 is 1.35. The summed E-state index contributed by atoms with van der Waals surface area (Å²) in [6, 6.07) is 0. The summed E-state index contributed by atoms with van der Waals surface area (Å²) in [5.74, 6) is 0.995. The second-order valence-electron chi connectivity index (χ2n) is 5.94. The first-order valence-electron chi connectivity index (χ1n) is 8.05. The maximum atomic E-state index is 11.1. The van der Waals surface area contributed by atoms with Crippen molar-refractivity contribution < 1.29 is 4.92 Å². The number of nitrogens with zero attached hydrogens (tertiary/aromatic N) is 9. The molecule has 27 heavy (non-hydrogen) atoms. The summed E-state index contributed by atoms with van der Waals surface area (Å²) in [5.41, 5.74) is 2.82. The summed E-state index contributed by atoms with van der Waals surface area (Å²) < 4.78 is 4.98. The van der Waals surface area contributed by atoms with Crippen molar-refractivity contribution in [2.45, 2.75) is 38.7 Å². The van der Waals surface area contributed by atoms with Gasteiger partial charge in [0, 0.05) is 18.3 Å². The van der Waals surface area contributed by atoms with Gasteiger partial charge in [0.2, 0.25) is 5.16 Å². The second-order valence-corrected chi connectivity index (χ2v) is 6.86. The van der Waals surface area contributed by atoms with Gasteiger partial charge < -0.3 is 0 Å². The minimum atomic E-state index is -0.411. The molecule has 0 unspecified atom stereocenters. The van der Waals surface area contributed by atoms with Crippen LogP contribution < -0.4 is 0 Å². The van der Waals surface area contributed by atoms with Gasteiger partial charge >= 0.3 is 5.69 Å². The number of hydrogen-bond acceptors (Lipinski definition) is 8. The summed E-state index contributed by atoms with van der Waals surface area (Å²) in [6.07, 6.45) is 3.44. The van der Waals surface area contributed by atoms with Crippen LogP contribution in [0.1, 0.15) is 28.5 Å². The van der Waals surface area contributed by atoms with Crippen LogP contribution in [0.15, 0.2) is 16.5 Å². The smallest absolute Gasteiger partial charge is 0.272 e. The van der Waals surface area contributed by atoms with Crippen LogP contribution in [0.3, 0.4) is 0 Å². The zero-order valence-corrected chi connectivity index (χ0v) is 16.4. The quantitative estimate of drug-likeness (QED) is 0.273. The molecule has 0 aromatic carbocycles. The van der Waals surface area contributed by atoms with E-state index in [-0.39, 0.29) is 5.69 Å². The minimum absolute atomic E-state index is 0.0401. The number of thioether (sulfide) groups is 1. The van der Waals surface area contributed by atoms with Gasteiger partial charge in [0.25, 0.3) is 0 Å². The molecule has 142 valence electrons. The molecule has 0 N–H and O–H groups in total. The molecule has 0 spiro atoms. The SMILES string of the molecule is Cc1nn(CSc2nnc(C)n2/N=C/c2cnn(C)c2C)c(C)c1[N+](=O)[O-]. The molecule has 3 heterocycles. The van der Waals surface area contributed by atoms with Crippen molar-refractivity contribution in [3.05, 3.63) is 44.8 Å². The minimum Gasteiger partial charge on any atom is -0.272 e. The highest BCUT2D eigenvalue weighted by Crippen LogP contribution is 2.25. The van der Waals surface area contributed by atoms with Gasteiger partial charge in [-0.25, -0.2) is 0 Å². The molecular weight excluding hydrogens is 370 g/mol. The Morgan fingerprint density at radius 2 is 2.00 bits per heavy atom. The lowest BCUT2D eigenvalue weighted by atomic mass is 10.3. The van der Waals surface area contributed by atoms with E-state index in [1.165, 1.54) is 11.8 Å². The van der Waals surface area contributed by atoms with E-state index in [9.17, 15) is 10.1 Å². The molecule has 0 aliphatic heterocycles. The van der Waals surface area contributed by atoms with Crippen molar-refractivity contribution in [3.8, 4) is 0 Å². The Labute approximate surface area is 159 Å². The lowest BCUT2D eigenvalue weighted by Gasteiger charge is -2.04. The number of hydrogen-bond donors (Lipinski definition) is 0. The van der Waals surface area contributed by atoms with Crippen molar-refractivity contribution in [2.75, 3.05) is 0 Å². The zero-order valence-electron chi connectivity index (χ0n) is 15.6. The maximum Gasteiger partial charge on any atom is 0.312 e. The third-order valence-corrected chi connectivity index (χ3v) is 5.08. The predicted octanol–water partition coefficient (Wildman–Crippen LogP) is 1.98. The van der Waals surface area contributed by atoms with E-state index in [1.807, 2.05) is 14.0 Å². The van der Waals surface area contributed by atoms with Gasteiger partial charge in [-0.2, -0.15) is 20.0 Å². The van der Waals surface area contributed by atoms with Crippen LogP contribution >= 0.6 is 11.8 Å². The molecule has 0 aliphatic rings. The summed E-state index contributed by atoms with van der Waals surface area (Å²) in [4.78, 5) is 10.7. The van der Waals surface area contributed by atoms with E-state index in [0.717, 1.165) is 11.3 Å². The van der Waals surface area contributed by atoms with Crippen LogP contribution in [-0.4, -0.2) is 45.6 Å². The maximum absolute atomic E-state index is 11.1. The number of aromatic nitrogens is 7. The molecular formula is C15H19N9O2S. The molecule has 3 aromatic heterocycles. The Kier molecular flexibility index (Phi) is 5.08. The monoisotopic (exact) mass is 389 g/mol. The molecule has 3 rings (SSSR count). The molecule has 0 aliphatic carbocycles. The van der Waals surface area contributed by atoms with Gasteiger partial charge in [0.05, 0.1) is 23.2 Å². The molecule has 0 bridgehead atoms.